The van der Waals surface area contributed by atoms with Crippen LogP contribution in [0.25, 0.3) is 0 Å². The number of aromatic nitrogens is 3. The van der Waals surface area contributed by atoms with Gasteiger partial charge in [0.1, 0.15) is 12.3 Å². The van der Waals surface area contributed by atoms with Gasteiger partial charge in [-0.05, 0) is 38.4 Å². The van der Waals surface area contributed by atoms with Crippen LogP contribution in [0, 0.1) is 13.8 Å². The van der Waals surface area contributed by atoms with Crippen LogP contribution in [0.15, 0.2) is 18.3 Å². The number of pyridine rings is 1. The summed E-state index contributed by atoms with van der Waals surface area (Å²) in [4.78, 5) is 4.45. The van der Waals surface area contributed by atoms with Crippen molar-refractivity contribution in [1.82, 2.24) is 20.1 Å². The highest BCUT2D eigenvalue weighted by Gasteiger charge is 2.10. The lowest BCUT2D eigenvalue weighted by Crippen LogP contribution is -2.14. The lowest BCUT2D eigenvalue weighted by Gasteiger charge is -2.07. The van der Waals surface area contributed by atoms with Crippen LogP contribution in [-0.2, 0) is 20.2 Å². The van der Waals surface area contributed by atoms with Crippen molar-refractivity contribution in [3.63, 3.8) is 0 Å². The highest BCUT2D eigenvalue weighted by atomic mass is 16.5. The van der Waals surface area contributed by atoms with Gasteiger partial charge in [0.2, 0.25) is 0 Å². The van der Waals surface area contributed by atoms with Crippen molar-refractivity contribution in [1.29, 1.82) is 0 Å². The van der Waals surface area contributed by atoms with Gasteiger partial charge >= 0.3 is 0 Å². The SMILES string of the molecule is CCCNCc1ccc(COc2c(C)nn(C)c2C)nc1. The maximum atomic E-state index is 5.85. The van der Waals surface area contributed by atoms with Gasteiger partial charge in [0.05, 0.1) is 11.4 Å². The molecule has 0 aliphatic carbocycles. The first-order valence-corrected chi connectivity index (χ1v) is 7.39. The van der Waals surface area contributed by atoms with E-state index in [1.807, 2.05) is 37.8 Å². The fourth-order valence-electron chi connectivity index (χ4n) is 2.16. The Balaban J connectivity index is 1.91. The molecule has 0 radical (unpaired) electrons. The zero-order valence-corrected chi connectivity index (χ0v) is 13.3. The number of hydrogen-bond donors (Lipinski definition) is 1. The van der Waals surface area contributed by atoms with E-state index in [0.29, 0.717) is 6.61 Å². The van der Waals surface area contributed by atoms with Gasteiger partial charge in [-0.1, -0.05) is 13.0 Å². The molecule has 2 aromatic heterocycles. The fraction of sp³-hybridized carbons (Fsp3) is 0.500. The van der Waals surface area contributed by atoms with Crippen LogP contribution in [0.1, 0.15) is 36.0 Å². The molecule has 0 atom stereocenters. The second-order valence-corrected chi connectivity index (χ2v) is 5.25. The second kappa shape index (κ2) is 7.22. The zero-order valence-electron chi connectivity index (χ0n) is 13.3. The summed E-state index contributed by atoms with van der Waals surface area (Å²) in [5.74, 6) is 0.855. The number of hydrogen-bond acceptors (Lipinski definition) is 4. The first kappa shape index (κ1) is 15.5. The normalized spacial score (nSPS) is 10.9. The Bertz CT molecular complexity index is 575. The lowest BCUT2D eigenvalue weighted by atomic mass is 10.2. The van der Waals surface area contributed by atoms with E-state index in [4.69, 9.17) is 4.74 Å². The number of aryl methyl sites for hydroxylation is 2. The largest absolute Gasteiger partial charge is 0.483 e. The minimum atomic E-state index is 0.468. The van der Waals surface area contributed by atoms with Crippen LogP contribution < -0.4 is 10.1 Å². The van der Waals surface area contributed by atoms with Crippen molar-refractivity contribution in [2.45, 2.75) is 40.3 Å². The van der Waals surface area contributed by atoms with E-state index in [-0.39, 0.29) is 0 Å². The molecule has 2 aromatic rings. The first-order valence-electron chi connectivity index (χ1n) is 7.39. The van der Waals surface area contributed by atoms with Gasteiger partial charge in [0.15, 0.2) is 5.75 Å². The van der Waals surface area contributed by atoms with Gasteiger partial charge in [-0.15, -0.1) is 0 Å². The van der Waals surface area contributed by atoms with Crippen molar-refractivity contribution >= 4 is 0 Å². The molecule has 0 aliphatic rings. The van der Waals surface area contributed by atoms with Gasteiger partial charge < -0.3 is 10.1 Å². The van der Waals surface area contributed by atoms with Crippen LogP contribution in [-0.4, -0.2) is 21.3 Å². The maximum Gasteiger partial charge on any atom is 0.163 e. The van der Waals surface area contributed by atoms with Crippen LogP contribution >= 0.6 is 0 Å². The van der Waals surface area contributed by atoms with Crippen molar-refractivity contribution in [3.05, 3.63) is 41.0 Å². The molecule has 0 unspecified atom stereocenters. The third-order valence-corrected chi connectivity index (χ3v) is 3.45. The molecule has 0 bridgehead atoms. The Labute approximate surface area is 126 Å². The molecule has 2 rings (SSSR count). The van der Waals surface area contributed by atoms with Crippen LogP contribution in [0.2, 0.25) is 0 Å². The number of ether oxygens (including phenoxy) is 1. The predicted octanol–water partition coefficient (Wildman–Crippen LogP) is 2.51. The van der Waals surface area contributed by atoms with Gasteiger partial charge in [-0.3, -0.25) is 9.67 Å². The molecule has 0 spiro atoms. The Morgan fingerprint density at radius 3 is 2.67 bits per heavy atom. The highest BCUT2D eigenvalue weighted by molar-refractivity contribution is 5.31. The Kier molecular flexibility index (Phi) is 5.33. The van der Waals surface area contributed by atoms with Crippen LogP contribution in [0.3, 0.4) is 0 Å². The standard InChI is InChI=1S/C16H24N4O/c1-5-8-17-9-14-6-7-15(18-10-14)11-21-16-12(2)19-20(4)13(16)3/h6-7,10,17H,5,8-9,11H2,1-4H3. The molecule has 0 aromatic carbocycles. The highest BCUT2D eigenvalue weighted by Crippen LogP contribution is 2.22. The summed E-state index contributed by atoms with van der Waals surface area (Å²) >= 11 is 0. The molecular formula is C16H24N4O. The molecule has 0 aliphatic heterocycles. The van der Waals surface area contributed by atoms with E-state index in [9.17, 15) is 0 Å². The molecule has 0 saturated heterocycles. The molecule has 114 valence electrons. The van der Waals surface area contributed by atoms with Gasteiger partial charge in [-0.25, -0.2) is 0 Å². The third kappa shape index (κ3) is 4.04. The minimum Gasteiger partial charge on any atom is -0.483 e. The molecule has 1 N–H and O–H groups in total. The van der Waals surface area contributed by atoms with E-state index in [2.05, 4.69) is 28.4 Å². The average Bonchev–Trinajstić information content (AvgIpc) is 2.72. The van der Waals surface area contributed by atoms with E-state index >= 15 is 0 Å². The first-order chi connectivity index (χ1) is 10.1. The van der Waals surface area contributed by atoms with E-state index in [1.54, 1.807) is 0 Å². The third-order valence-electron chi connectivity index (χ3n) is 3.45. The van der Waals surface area contributed by atoms with Gasteiger partial charge in [0, 0.05) is 19.8 Å². The quantitative estimate of drug-likeness (QED) is 0.795. The van der Waals surface area contributed by atoms with Crippen molar-refractivity contribution < 1.29 is 4.74 Å². The summed E-state index contributed by atoms with van der Waals surface area (Å²) in [5, 5.41) is 7.71. The summed E-state index contributed by atoms with van der Waals surface area (Å²) in [5.41, 5.74) is 4.07. The Morgan fingerprint density at radius 2 is 2.10 bits per heavy atom. The summed E-state index contributed by atoms with van der Waals surface area (Å²) < 4.78 is 7.69. The Morgan fingerprint density at radius 1 is 1.29 bits per heavy atom. The van der Waals surface area contributed by atoms with Crippen molar-refractivity contribution in [2.75, 3.05) is 6.54 Å². The predicted molar refractivity (Wildman–Crippen MR) is 83.2 cm³/mol. The van der Waals surface area contributed by atoms with Crippen molar-refractivity contribution in [2.24, 2.45) is 7.05 Å². The fourth-order valence-corrected chi connectivity index (χ4v) is 2.16. The molecule has 5 nitrogen and oxygen atoms in total. The molecule has 2 heterocycles. The second-order valence-electron chi connectivity index (χ2n) is 5.25. The van der Waals surface area contributed by atoms with Crippen LogP contribution in [0.4, 0.5) is 0 Å². The molecule has 0 saturated carbocycles. The monoisotopic (exact) mass is 288 g/mol. The number of rotatable bonds is 7. The summed E-state index contributed by atoms with van der Waals surface area (Å²) in [6.07, 6.45) is 3.05. The minimum absolute atomic E-state index is 0.468. The molecular weight excluding hydrogens is 264 g/mol. The van der Waals surface area contributed by atoms with Crippen LogP contribution in [0.5, 0.6) is 5.75 Å². The Hall–Kier alpha value is -1.88. The summed E-state index contributed by atoms with van der Waals surface area (Å²) in [7, 11) is 1.92. The average molecular weight is 288 g/mol. The maximum absolute atomic E-state index is 5.85. The zero-order chi connectivity index (χ0) is 15.2. The molecule has 0 fully saturated rings. The molecule has 21 heavy (non-hydrogen) atoms. The molecule has 5 heteroatoms. The van der Waals surface area contributed by atoms with Crippen molar-refractivity contribution in [3.8, 4) is 5.75 Å². The van der Waals surface area contributed by atoms with Gasteiger partial charge in [-0.2, -0.15) is 5.10 Å². The lowest BCUT2D eigenvalue weighted by molar-refractivity contribution is 0.297. The summed E-state index contributed by atoms with van der Waals surface area (Å²) in [6.45, 7) is 8.49. The number of nitrogens with zero attached hydrogens (tertiary/aromatic N) is 3. The van der Waals surface area contributed by atoms with E-state index < -0.39 is 0 Å². The number of nitrogens with one attached hydrogen (secondary N) is 1. The molecule has 0 amide bonds. The van der Waals surface area contributed by atoms with E-state index in [1.165, 1.54) is 5.56 Å². The van der Waals surface area contributed by atoms with E-state index in [0.717, 1.165) is 42.3 Å². The van der Waals surface area contributed by atoms with Gasteiger partial charge in [0.25, 0.3) is 0 Å². The topological polar surface area (TPSA) is 52.0 Å². The summed E-state index contributed by atoms with van der Waals surface area (Å²) in [6, 6.07) is 4.11. The smallest absolute Gasteiger partial charge is 0.163 e.